The average molecular weight is 299 g/mol. The predicted molar refractivity (Wildman–Crippen MR) is 82.0 cm³/mol. The van der Waals surface area contributed by atoms with Gasteiger partial charge in [0.2, 0.25) is 11.8 Å². The number of carbonyl (C=O) groups excluding carboxylic acids is 2. The van der Waals surface area contributed by atoms with Gasteiger partial charge < -0.3 is 15.0 Å². The van der Waals surface area contributed by atoms with Crippen molar-refractivity contribution in [2.75, 3.05) is 46.9 Å². The molecule has 6 nitrogen and oxygen atoms in total. The van der Waals surface area contributed by atoms with Gasteiger partial charge in [-0.3, -0.25) is 14.5 Å². The van der Waals surface area contributed by atoms with Crippen LogP contribution >= 0.6 is 0 Å². The Kier molecular flexibility index (Phi) is 8.30. The number of hydrogen-bond donors (Lipinski definition) is 1. The highest BCUT2D eigenvalue weighted by Crippen LogP contribution is 2.16. The van der Waals surface area contributed by atoms with E-state index in [4.69, 9.17) is 4.74 Å². The molecule has 1 unspecified atom stereocenters. The molecule has 0 aromatic rings. The first kappa shape index (κ1) is 17.9. The highest BCUT2D eigenvalue weighted by atomic mass is 16.5. The lowest BCUT2D eigenvalue weighted by Crippen LogP contribution is -2.47. The van der Waals surface area contributed by atoms with Crippen LogP contribution in [-0.2, 0) is 14.3 Å². The van der Waals surface area contributed by atoms with Crippen LogP contribution in [0.2, 0.25) is 0 Å². The SMILES string of the molecule is COCCCNC(=O)CN(C)CC(=O)N1CCCCC1C. The Balaban J connectivity index is 2.24. The number of carbonyl (C=O) groups is 2. The summed E-state index contributed by atoms with van der Waals surface area (Å²) in [4.78, 5) is 27.7. The number of piperidine rings is 1. The van der Waals surface area contributed by atoms with E-state index in [9.17, 15) is 9.59 Å². The van der Waals surface area contributed by atoms with Gasteiger partial charge in [-0.2, -0.15) is 0 Å². The van der Waals surface area contributed by atoms with Gasteiger partial charge in [-0.1, -0.05) is 0 Å². The zero-order valence-corrected chi connectivity index (χ0v) is 13.6. The van der Waals surface area contributed by atoms with E-state index in [0.29, 0.717) is 25.7 Å². The van der Waals surface area contributed by atoms with E-state index in [1.54, 1.807) is 19.1 Å². The molecular formula is C15H29N3O3. The molecule has 0 bridgehead atoms. The van der Waals surface area contributed by atoms with E-state index in [2.05, 4.69) is 12.2 Å². The molecule has 0 aromatic carbocycles. The number of methoxy groups -OCH3 is 1. The third-order valence-electron chi connectivity index (χ3n) is 3.79. The molecule has 1 heterocycles. The van der Waals surface area contributed by atoms with Crippen LogP contribution in [0, 0.1) is 0 Å². The van der Waals surface area contributed by atoms with Crippen molar-refractivity contribution < 1.29 is 14.3 Å². The van der Waals surface area contributed by atoms with Gasteiger partial charge in [-0.15, -0.1) is 0 Å². The zero-order valence-electron chi connectivity index (χ0n) is 13.6. The lowest BCUT2D eigenvalue weighted by Gasteiger charge is -2.34. The molecule has 1 aliphatic heterocycles. The number of hydrogen-bond acceptors (Lipinski definition) is 4. The number of likely N-dealkylation sites (N-methyl/N-ethyl adjacent to an activating group) is 1. The minimum atomic E-state index is -0.0481. The maximum absolute atomic E-state index is 12.2. The largest absolute Gasteiger partial charge is 0.385 e. The molecule has 0 spiro atoms. The quantitative estimate of drug-likeness (QED) is 0.662. The molecule has 122 valence electrons. The monoisotopic (exact) mass is 299 g/mol. The number of ether oxygens (including phenoxy) is 1. The molecular weight excluding hydrogens is 270 g/mol. The van der Waals surface area contributed by atoms with E-state index in [1.165, 1.54) is 6.42 Å². The highest BCUT2D eigenvalue weighted by molar-refractivity contribution is 5.81. The average Bonchev–Trinajstić information content (AvgIpc) is 2.43. The fourth-order valence-corrected chi connectivity index (χ4v) is 2.59. The summed E-state index contributed by atoms with van der Waals surface area (Å²) in [6.45, 7) is 4.74. The summed E-state index contributed by atoms with van der Waals surface area (Å²) in [5.41, 5.74) is 0. The van der Waals surface area contributed by atoms with Crippen molar-refractivity contribution in [3.05, 3.63) is 0 Å². The fourth-order valence-electron chi connectivity index (χ4n) is 2.59. The number of likely N-dealkylation sites (tertiary alicyclic amines) is 1. The van der Waals surface area contributed by atoms with Gasteiger partial charge in [-0.25, -0.2) is 0 Å². The van der Waals surface area contributed by atoms with Crippen molar-refractivity contribution in [2.45, 2.75) is 38.6 Å². The van der Waals surface area contributed by atoms with Crippen molar-refractivity contribution in [3.63, 3.8) is 0 Å². The van der Waals surface area contributed by atoms with Crippen LogP contribution in [-0.4, -0.2) is 74.6 Å². The Morgan fingerprint density at radius 2 is 2.10 bits per heavy atom. The number of amides is 2. The van der Waals surface area contributed by atoms with Crippen molar-refractivity contribution in [1.29, 1.82) is 0 Å². The van der Waals surface area contributed by atoms with E-state index in [-0.39, 0.29) is 18.4 Å². The van der Waals surface area contributed by atoms with Gasteiger partial charge in [0.25, 0.3) is 0 Å². The number of nitrogens with zero attached hydrogens (tertiary/aromatic N) is 2. The van der Waals surface area contributed by atoms with Crippen molar-refractivity contribution in [2.24, 2.45) is 0 Å². The summed E-state index contributed by atoms with van der Waals surface area (Å²) in [6.07, 6.45) is 4.16. The Morgan fingerprint density at radius 3 is 2.76 bits per heavy atom. The second-order valence-electron chi connectivity index (χ2n) is 5.80. The molecule has 1 aliphatic rings. The van der Waals surface area contributed by atoms with Crippen LogP contribution in [0.1, 0.15) is 32.6 Å². The Labute approximate surface area is 127 Å². The van der Waals surface area contributed by atoms with Gasteiger partial charge in [0.1, 0.15) is 0 Å². The fraction of sp³-hybridized carbons (Fsp3) is 0.867. The molecule has 6 heteroatoms. The molecule has 1 fully saturated rings. The van der Waals surface area contributed by atoms with Gasteiger partial charge >= 0.3 is 0 Å². The Hall–Kier alpha value is -1.14. The Bertz CT molecular complexity index is 336. The van der Waals surface area contributed by atoms with Crippen LogP contribution in [0.15, 0.2) is 0 Å². The van der Waals surface area contributed by atoms with E-state index in [1.807, 2.05) is 4.90 Å². The molecule has 0 radical (unpaired) electrons. The minimum absolute atomic E-state index is 0.0481. The predicted octanol–water partition coefficient (Wildman–Crippen LogP) is 0.472. The molecule has 1 saturated heterocycles. The molecule has 2 amide bonds. The van der Waals surface area contributed by atoms with Gasteiger partial charge in [0.15, 0.2) is 0 Å². The first-order valence-corrected chi connectivity index (χ1v) is 7.78. The topological polar surface area (TPSA) is 61.9 Å². The molecule has 0 saturated carbocycles. The normalized spacial score (nSPS) is 18.9. The number of rotatable bonds is 8. The summed E-state index contributed by atoms with van der Waals surface area (Å²) in [5, 5.41) is 2.82. The van der Waals surface area contributed by atoms with Crippen molar-refractivity contribution >= 4 is 11.8 Å². The van der Waals surface area contributed by atoms with Crippen LogP contribution in [0.25, 0.3) is 0 Å². The van der Waals surface area contributed by atoms with Crippen LogP contribution in [0.4, 0.5) is 0 Å². The third kappa shape index (κ3) is 6.91. The first-order chi connectivity index (χ1) is 10.0. The molecule has 1 atom stereocenters. The summed E-state index contributed by atoms with van der Waals surface area (Å²) >= 11 is 0. The van der Waals surface area contributed by atoms with E-state index in [0.717, 1.165) is 25.8 Å². The van der Waals surface area contributed by atoms with E-state index < -0.39 is 0 Å². The lowest BCUT2D eigenvalue weighted by atomic mass is 10.0. The molecule has 21 heavy (non-hydrogen) atoms. The lowest BCUT2D eigenvalue weighted by molar-refractivity contribution is -0.135. The first-order valence-electron chi connectivity index (χ1n) is 7.78. The summed E-state index contributed by atoms with van der Waals surface area (Å²) < 4.78 is 4.92. The minimum Gasteiger partial charge on any atom is -0.385 e. The van der Waals surface area contributed by atoms with Crippen molar-refractivity contribution in [3.8, 4) is 0 Å². The van der Waals surface area contributed by atoms with E-state index >= 15 is 0 Å². The number of nitrogens with one attached hydrogen (secondary N) is 1. The maximum atomic E-state index is 12.2. The summed E-state index contributed by atoms with van der Waals surface area (Å²) in [6, 6.07) is 0.322. The smallest absolute Gasteiger partial charge is 0.236 e. The highest BCUT2D eigenvalue weighted by Gasteiger charge is 2.24. The molecule has 0 aliphatic carbocycles. The second-order valence-corrected chi connectivity index (χ2v) is 5.80. The van der Waals surface area contributed by atoms with Crippen LogP contribution in [0.5, 0.6) is 0 Å². The van der Waals surface area contributed by atoms with Gasteiger partial charge in [0, 0.05) is 32.8 Å². The molecule has 1 N–H and O–H groups in total. The Morgan fingerprint density at radius 1 is 1.33 bits per heavy atom. The van der Waals surface area contributed by atoms with Gasteiger partial charge in [-0.05, 0) is 39.7 Å². The maximum Gasteiger partial charge on any atom is 0.236 e. The van der Waals surface area contributed by atoms with Crippen LogP contribution < -0.4 is 5.32 Å². The van der Waals surface area contributed by atoms with Gasteiger partial charge in [0.05, 0.1) is 13.1 Å². The van der Waals surface area contributed by atoms with Crippen molar-refractivity contribution in [1.82, 2.24) is 15.1 Å². The summed E-state index contributed by atoms with van der Waals surface area (Å²) in [7, 11) is 3.45. The standard InChI is InChI=1S/C15H29N3O3/c1-13-7-4-5-9-18(13)15(20)12-17(2)11-14(19)16-8-6-10-21-3/h13H,4-12H2,1-3H3,(H,16,19). The second kappa shape index (κ2) is 9.73. The molecule has 1 rings (SSSR count). The van der Waals surface area contributed by atoms with Crippen LogP contribution in [0.3, 0.4) is 0 Å². The summed E-state index contributed by atoms with van der Waals surface area (Å²) in [5.74, 6) is 0.0741. The molecule has 0 aromatic heterocycles. The third-order valence-corrected chi connectivity index (χ3v) is 3.79. The zero-order chi connectivity index (χ0) is 15.7.